The highest BCUT2D eigenvalue weighted by Crippen LogP contribution is 2.29. The summed E-state index contributed by atoms with van der Waals surface area (Å²) in [5, 5.41) is 30.4. The molecule has 25 heavy (non-hydrogen) atoms. The van der Waals surface area contributed by atoms with Crippen LogP contribution in [0.5, 0.6) is 0 Å². The summed E-state index contributed by atoms with van der Waals surface area (Å²) < 4.78 is 0. The first-order valence-corrected chi connectivity index (χ1v) is 7.13. The Balaban J connectivity index is 2.63. The number of carbonyl (C=O) groups excluding carboxylic acids is 3. The van der Waals surface area contributed by atoms with Crippen LogP contribution >= 0.6 is 0 Å². The van der Waals surface area contributed by atoms with Crippen molar-refractivity contribution in [3.63, 3.8) is 0 Å². The van der Waals surface area contributed by atoms with Crippen LogP contribution in [0.2, 0.25) is 0 Å². The minimum absolute atomic E-state index is 0.238. The van der Waals surface area contributed by atoms with Gasteiger partial charge in [-0.2, -0.15) is 0 Å². The molecule has 0 heterocycles. The van der Waals surface area contributed by atoms with E-state index in [4.69, 9.17) is 0 Å². The highest BCUT2D eigenvalue weighted by Gasteiger charge is 2.65. The molecule has 0 saturated carbocycles. The van der Waals surface area contributed by atoms with E-state index in [1.165, 1.54) is 54.6 Å². The SMILES string of the molecule is O=CC(O)(C(=O)c1ccccc1)C(O)(C(=O)O)C(=O)c1ccccc1. The number of carboxylic acids is 1. The number of ketones is 2. The number of carboxylic acid groups (broad SMARTS) is 1. The van der Waals surface area contributed by atoms with Gasteiger partial charge >= 0.3 is 5.97 Å². The molecule has 0 fully saturated rings. The van der Waals surface area contributed by atoms with Crippen LogP contribution in [-0.2, 0) is 9.59 Å². The number of Topliss-reactive ketones (excluding diaryl/α,β-unsaturated/α-hetero) is 2. The minimum Gasteiger partial charge on any atom is -0.479 e. The number of carbonyl (C=O) groups is 4. The molecule has 128 valence electrons. The van der Waals surface area contributed by atoms with Gasteiger partial charge in [0, 0.05) is 11.1 Å². The molecule has 0 radical (unpaired) electrons. The smallest absolute Gasteiger partial charge is 0.348 e. The maximum absolute atomic E-state index is 12.5. The Labute approximate surface area is 142 Å². The van der Waals surface area contributed by atoms with E-state index >= 15 is 0 Å². The van der Waals surface area contributed by atoms with E-state index in [1.807, 2.05) is 0 Å². The molecule has 0 aliphatic carbocycles. The fourth-order valence-corrected chi connectivity index (χ4v) is 2.34. The third kappa shape index (κ3) is 2.86. The number of hydrogen-bond donors (Lipinski definition) is 3. The van der Waals surface area contributed by atoms with Crippen LogP contribution in [0.15, 0.2) is 60.7 Å². The second-order valence-electron chi connectivity index (χ2n) is 5.29. The maximum atomic E-state index is 12.5. The van der Waals surface area contributed by atoms with Gasteiger partial charge in [-0.15, -0.1) is 0 Å². The summed E-state index contributed by atoms with van der Waals surface area (Å²) in [6, 6.07) is 13.5. The maximum Gasteiger partial charge on any atom is 0.348 e. The van der Waals surface area contributed by atoms with Gasteiger partial charge in [0.2, 0.25) is 17.2 Å². The topological polar surface area (TPSA) is 129 Å². The number of benzene rings is 2. The molecule has 2 rings (SSSR count). The number of aldehydes is 1. The second-order valence-corrected chi connectivity index (χ2v) is 5.29. The lowest BCUT2D eigenvalue weighted by molar-refractivity contribution is -0.173. The van der Waals surface area contributed by atoms with Gasteiger partial charge < -0.3 is 15.3 Å². The van der Waals surface area contributed by atoms with Gasteiger partial charge in [0.25, 0.3) is 5.60 Å². The molecule has 2 unspecified atom stereocenters. The zero-order valence-electron chi connectivity index (χ0n) is 12.8. The van der Waals surface area contributed by atoms with E-state index in [2.05, 4.69) is 0 Å². The molecule has 2 aromatic carbocycles. The van der Waals surface area contributed by atoms with Crippen LogP contribution in [0.25, 0.3) is 0 Å². The Hall–Kier alpha value is -3.16. The van der Waals surface area contributed by atoms with Gasteiger partial charge in [0.05, 0.1) is 0 Å². The molecule has 2 aromatic rings. The molecule has 0 amide bonds. The van der Waals surface area contributed by atoms with Crippen LogP contribution in [0.1, 0.15) is 20.7 Å². The van der Waals surface area contributed by atoms with Crippen LogP contribution in [0, 0.1) is 0 Å². The first kappa shape index (κ1) is 18.2. The van der Waals surface area contributed by atoms with Crippen molar-refractivity contribution >= 4 is 23.8 Å². The summed E-state index contributed by atoms with van der Waals surface area (Å²) in [4.78, 5) is 48.2. The van der Waals surface area contributed by atoms with Crippen molar-refractivity contribution in [1.29, 1.82) is 0 Å². The average Bonchev–Trinajstić information content (AvgIpc) is 2.66. The number of aliphatic carboxylic acids is 1. The van der Waals surface area contributed by atoms with E-state index in [0.717, 1.165) is 0 Å². The van der Waals surface area contributed by atoms with Crippen molar-refractivity contribution < 1.29 is 34.5 Å². The summed E-state index contributed by atoms with van der Waals surface area (Å²) in [7, 11) is 0. The molecular weight excluding hydrogens is 328 g/mol. The third-order valence-corrected chi connectivity index (χ3v) is 3.78. The van der Waals surface area contributed by atoms with Crippen LogP contribution in [0.3, 0.4) is 0 Å². The first-order chi connectivity index (χ1) is 11.8. The van der Waals surface area contributed by atoms with Crippen molar-refractivity contribution in [2.45, 2.75) is 11.2 Å². The van der Waals surface area contributed by atoms with Crippen LogP contribution in [-0.4, -0.2) is 50.3 Å². The van der Waals surface area contributed by atoms with Crippen molar-refractivity contribution in [3.05, 3.63) is 71.8 Å². The Kier molecular flexibility index (Phi) is 4.92. The largest absolute Gasteiger partial charge is 0.479 e. The van der Waals surface area contributed by atoms with Gasteiger partial charge in [-0.3, -0.25) is 14.4 Å². The quantitative estimate of drug-likeness (QED) is 0.379. The lowest BCUT2D eigenvalue weighted by Crippen LogP contribution is -2.68. The summed E-state index contributed by atoms with van der Waals surface area (Å²) in [5.74, 6) is -5.11. The fourth-order valence-electron chi connectivity index (χ4n) is 2.34. The zero-order chi connectivity index (χ0) is 18.7. The van der Waals surface area contributed by atoms with Crippen molar-refractivity contribution in [1.82, 2.24) is 0 Å². The molecule has 0 bridgehead atoms. The van der Waals surface area contributed by atoms with Crippen molar-refractivity contribution in [2.24, 2.45) is 0 Å². The van der Waals surface area contributed by atoms with Gasteiger partial charge in [0.15, 0.2) is 6.29 Å². The highest BCUT2D eigenvalue weighted by atomic mass is 16.4. The standard InChI is InChI=1S/C18H14O7/c19-11-17(24,14(20)12-7-3-1-4-8-12)18(25,16(22)23)15(21)13-9-5-2-6-10-13/h1-11,24-25H,(H,22,23). The molecule has 7 nitrogen and oxygen atoms in total. The van der Waals surface area contributed by atoms with E-state index in [1.54, 1.807) is 6.07 Å². The van der Waals surface area contributed by atoms with Gasteiger partial charge in [0.1, 0.15) is 0 Å². The molecule has 0 aliphatic rings. The predicted molar refractivity (Wildman–Crippen MR) is 85.1 cm³/mol. The summed E-state index contributed by atoms with van der Waals surface area (Å²) >= 11 is 0. The Morgan fingerprint density at radius 3 is 1.52 bits per heavy atom. The third-order valence-electron chi connectivity index (χ3n) is 3.78. The normalized spacial score (nSPS) is 15.4. The minimum atomic E-state index is -3.69. The molecule has 2 atom stereocenters. The van der Waals surface area contributed by atoms with Crippen LogP contribution < -0.4 is 0 Å². The van der Waals surface area contributed by atoms with E-state index in [0.29, 0.717) is 0 Å². The van der Waals surface area contributed by atoms with Crippen molar-refractivity contribution in [2.75, 3.05) is 0 Å². The molecule has 0 spiro atoms. The van der Waals surface area contributed by atoms with E-state index in [-0.39, 0.29) is 11.1 Å². The molecular formula is C18H14O7. The Bertz CT molecular complexity index is 816. The Morgan fingerprint density at radius 1 is 0.760 bits per heavy atom. The van der Waals surface area contributed by atoms with Crippen molar-refractivity contribution in [3.8, 4) is 0 Å². The molecule has 7 heteroatoms. The van der Waals surface area contributed by atoms with Gasteiger partial charge in [-0.25, -0.2) is 4.79 Å². The van der Waals surface area contributed by atoms with Gasteiger partial charge in [-0.1, -0.05) is 60.7 Å². The highest BCUT2D eigenvalue weighted by molar-refractivity contribution is 6.26. The summed E-state index contributed by atoms with van der Waals surface area (Å²) in [6.07, 6.45) is -0.433. The first-order valence-electron chi connectivity index (χ1n) is 7.13. The number of aliphatic hydroxyl groups is 2. The molecule has 0 saturated heterocycles. The van der Waals surface area contributed by atoms with E-state index in [9.17, 15) is 34.5 Å². The molecule has 0 aromatic heterocycles. The summed E-state index contributed by atoms with van der Waals surface area (Å²) in [5.41, 5.74) is -7.72. The average molecular weight is 342 g/mol. The summed E-state index contributed by atoms with van der Waals surface area (Å²) in [6.45, 7) is 0. The lowest BCUT2D eigenvalue weighted by Gasteiger charge is -2.33. The van der Waals surface area contributed by atoms with Crippen LogP contribution in [0.4, 0.5) is 0 Å². The van der Waals surface area contributed by atoms with Gasteiger partial charge in [-0.05, 0) is 0 Å². The number of rotatable bonds is 7. The zero-order valence-corrected chi connectivity index (χ0v) is 12.8. The fraction of sp³-hybridized carbons (Fsp3) is 0.111. The predicted octanol–water partition coefficient (Wildman–Crippen LogP) is 0.498. The molecule has 0 aliphatic heterocycles. The lowest BCUT2D eigenvalue weighted by atomic mass is 9.74. The Morgan fingerprint density at radius 2 is 1.16 bits per heavy atom. The molecule has 3 N–H and O–H groups in total. The second kappa shape index (κ2) is 6.76. The van der Waals surface area contributed by atoms with E-state index < -0.39 is 35.0 Å². The monoisotopic (exact) mass is 342 g/mol. The number of hydrogen-bond acceptors (Lipinski definition) is 6.